The molecule has 0 aromatic rings. The zero-order valence-corrected chi connectivity index (χ0v) is 13.1. The molecule has 2 fully saturated rings. The van der Waals surface area contributed by atoms with Crippen molar-refractivity contribution >= 4 is 18.0 Å². The molecule has 2 atom stereocenters. The molecule has 112 valence electrons. The van der Waals surface area contributed by atoms with Crippen LogP contribution in [0.1, 0.15) is 20.3 Å². The summed E-state index contributed by atoms with van der Waals surface area (Å²) in [5.41, 5.74) is 0. The quantitative estimate of drug-likeness (QED) is 0.781. The van der Waals surface area contributed by atoms with Crippen molar-refractivity contribution in [3.05, 3.63) is 0 Å². The maximum absolute atomic E-state index is 12.3. The number of nitrogens with one attached hydrogen (secondary N) is 1. The van der Waals surface area contributed by atoms with Gasteiger partial charge in [0.05, 0.1) is 25.9 Å². The van der Waals surface area contributed by atoms with Gasteiger partial charge in [0, 0.05) is 19.6 Å². The van der Waals surface area contributed by atoms with E-state index in [0.717, 1.165) is 6.42 Å². The summed E-state index contributed by atoms with van der Waals surface area (Å²) in [5, 5.41) is 2.94. The highest BCUT2D eigenvalue weighted by molar-refractivity contribution is 7.85. The van der Waals surface area contributed by atoms with Crippen molar-refractivity contribution in [1.29, 1.82) is 0 Å². The van der Waals surface area contributed by atoms with Crippen LogP contribution in [0.25, 0.3) is 0 Å². The molecule has 2 rings (SSSR count). The summed E-state index contributed by atoms with van der Waals surface area (Å²) in [4.78, 5) is 0. The average Bonchev–Trinajstić information content (AvgIpc) is 2.70. The van der Waals surface area contributed by atoms with Crippen molar-refractivity contribution in [1.82, 2.24) is 9.76 Å². The van der Waals surface area contributed by atoms with Crippen LogP contribution >= 0.6 is 18.0 Å². The van der Waals surface area contributed by atoms with E-state index in [1.54, 1.807) is 4.67 Å². The molecule has 1 N–H and O–H groups in total. The van der Waals surface area contributed by atoms with Gasteiger partial charge in [0.1, 0.15) is 0 Å². The van der Waals surface area contributed by atoms with E-state index in [-0.39, 0.29) is 6.10 Å². The van der Waals surface area contributed by atoms with E-state index >= 15 is 0 Å². The molecule has 2 heterocycles. The van der Waals surface area contributed by atoms with Crippen LogP contribution in [0.15, 0.2) is 0 Å². The van der Waals surface area contributed by atoms with Crippen molar-refractivity contribution in [2.75, 3.05) is 39.5 Å². The van der Waals surface area contributed by atoms with Gasteiger partial charge in [-0.15, -0.1) is 0 Å². The molecule has 6 nitrogen and oxygen atoms in total. The Morgan fingerprint density at radius 2 is 2.11 bits per heavy atom. The maximum Gasteiger partial charge on any atom is 0.302 e. The Labute approximate surface area is 119 Å². The molecule has 2 aliphatic rings. The van der Waals surface area contributed by atoms with Crippen molar-refractivity contribution in [3.63, 3.8) is 0 Å². The standard InChI is InChI=1S/C11H22ClN2O4P/c1-11(2)17-9-10(18-11)3-4-13-19(12,15)14-5-7-16-8-6-14/h10H,3-9H2,1-2H3,(H,13,15). The van der Waals surface area contributed by atoms with Crippen molar-refractivity contribution < 1.29 is 18.8 Å². The lowest BCUT2D eigenvalue weighted by Crippen LogP contribution is -2.36. The fourth-order valence-electron chi connectivity index (χ4n) is 2.18. The second-order valence-corrected chi connectivity index (χ2v) is 8.48. The van der Waals surface area contributed by atoms with E-state index in [9.17, 15) is 4.57 Å². The largest absolute Gasteiger partial charge is 0.379 e. The third-order valence-corrected chi connectivity index (χ3v) is 5.93. The second-order valence-electron chi connectivity index (χ2n) is 5.22. The molecule has 2 unspecified atom stereocenters. The normalized spacial score (nSPS) is 31.2. The summed E-state index contributed by atoms with van der Waals surface area (Å²) < 4.78 is 30.5. The first-order valence-corrected chi connectivity index (χ1v) is 9.15. The van der Waals surface area contributed by atoms with E-state index in [1.807, 2.05) is 13.8 Å². The lowest BCUT2D eigenvalue weighted by atomic mass is 10.3. The van der Waals surface area contributed by atoms with Gasteiger partial charge in [-0.2, -0.15) is 0 Å². The third kappa shape index (κ3) is 4.67. The van der Waals surface area contributed by atoms with Gasteiger partial charge in [-0.25, -0.2) is 9.76 Å². The highest BCUT2D eigenvalue weighted by Gasteiger charge is 2.33. The van der Waals surface area contributed by atoms with Gasteiger partial charge in [-0.3, -0.25) is 4.57 Å². The molecule has 0 aliphatic carbocycles. The molecule has 2 aliphatic heterocycles. The lowest BCUT2D eigenvalue weighted by Gasteiger charge is -2.30. The topological polar surface area (TPSA) is 60.0 Å². The van der Waals surface area contributed by atoms with E-state index in [1.165, 1.54) is 0 Å². The minimum atomic E-state index is -2.98. The van der Waals surface area contributed by atoms with Crippen LogP contribution in [-0.2, 0) is 18.8 Å². The zero-order valence-electron chi connectivity index (χ0n) is 11.4. The Morgan fingerprint density at radius 1 is 1.42 bits per heavy atom. The number of nitrogens with zero attached hydrogens (tertiary/aromatic N) is 1. The number of hydrogen-bond acceptors (Lipinski definition) is 4. The molecule has 2 saturated heterocycles. The van der Waals surface area contributed by atoms with Gasteiger partial charge in [0.15, 0.2) is 5.79 Å². The molecule has 0 radical (unpaired) electrons. The number of morpholine rings is 1. The first-order valence-electron chi connectivity index (χ1n) is 6.59. The van der Waals surface area contributed by atoms with Gasteiger partial charge in [-0.05, 0) is 31.5 Å². The summed E-state index contributed by atoms with van der Waals surface area (Å²) in [5.74, 6) is -0.514. The summed E-state index contributed by atoms with van der Waals surface area (Å²) >= 11 is 6.10. The number of ether oxygens (including phenoxy) is 3. The van der Waals surface area contributed by atoms with Gasteiger partial charge in [0.2, 0.25) is 0 Å². The Hall–Kier alpha value is 0.320. The lowest BCUT2D eigenvalue weighted by molar-refractivity contribution is -0.138. The van der Waals surface area contributed by atoms with Crippen LogP contribution < -0.4 is 5.09 Å². The molecule has 0 spiro atoms. The van der Waals surface area contributed by atoms with Crippen LogP contribution in [0.3, 0.4) is 0 Å². The fourth-order valence-corrected chi connectivity index (χ4v) is 4.17. The molecule has 0 bridgehead atoms. The fraction of sp³-hybridized carbons (Fsp3) is 1.00. The minimum absolute atomic E-state index is 0.0313. The number of hydrogen-bond donors (Lipinski definition) is 1. The Balaban J connectivity index is 1.71. The maximum atomic E-state index is 12.3. The van der Waals surface area contributed by atoms with E-state index in [0.29, 0.717) is 39.5 Å². The van der Waals surface area contributed by atoms with E-state index in [4.69, 9.17) is 25.5 Å². The van der Waals surface area contributed by atoms with Crippen molar-refractivity contribution in [2.24, 2.45) is 0 Å². The van der Waals surface area contributed by atoms with Crippen molar-refractivity contribution in [3.8, 4) is 0 Å². The Bertz CT molecular complexity index is 350. The van der Waals surface area contributed by atoms with Crippen LogP contribution in [-0.4, -0.2) is 56.0 Å². The van der Waals surface area contributed by atoms with Crippen molar-refractivity contribution in [2.45, 2.75) is 32.2 Å². The van der Waals surface area contributed by atoms with Gasteiger partial charge in [0.25, 0.3) is 0 Å². The first kappa shape index (κ1) is 15.7. The molecule has 0 aromatic heterocycles. The van der Waals surface area contributed by atoms with Gasteiger partial charge < -0.3 is 14.2 Å². The Morgan fingerprint density at radius 3 is 2.68 bits per heavy atom. The molecular weight excluding hydrogens is 291 g/mol. The molecule has 19 heavy (non-hydrogen) atoms. The van der Waals surface area contributed by atoms with E-state index < -0.39 is 12.6 Å². The average molecular weight is 313 g/mol. The SMILES string of the molecule is CC1(C)OCC(CCNP(=O)(Cl)N2CCOCC2)O1. The zero-order chi connectivity index (χ0) is 13.9. The summed E-state index contributed by atoms with van der Waals surface area (Å²) in [6, 6.07) is 0. The first-order chi connectivity index (χ1) is 8.89. The summed E-state index contributed by atoms with van der Waals surface area (Å²) in [6.45, 7) is 4.27. The highest BCUT2D eigenvalue weighted by Crippen LogP contribution is 2.50. The molecule has 0 amide bonds. The van der Waals surface area contributed by atoms with Gasteiger partial charge in [-0.1, -0.05) is 0 Å². The minimum Gasteiger partial charge on any atom is -0.379 e. The number of rotatable bonds is 5. The highest BCUT2D eigenvalue weighted by atomic mass is 35.7. The summed E-state index contributed by atoms with van der Waals surface area (Å²) in [7, 11) is 0. The summed E-state index contributed by atoms with van der Waals surface area (Å²) in [6.07, 6.45) is 0.758. The van der Waals surface area contributed by atoms with Crippen LogP contribution in [0.4, 0.5) is 0 Å². The predicted octanol–water partition coefficient (Wildman–Crippen LogP) is 1.80. The third-order valence-electron chi connectivity index (χ3n) is 3.19. The van der Waals surface area contributed by atoms with Crippen LogP contribution in [0.5, 0.6) is 0 Å². The molecule has 8 heteroatoms. The molecular formula is C11H22ClN2O4P. The smallest absolute Gasteiger partial charge is 0.302 e. The predicted molar refractivity (Wildman–Crippen MR) is 73.4 cm³/mol. The molecule has 0 aromatic carbocycles. The number of halogens is 1. The molecule has 0 saturated carbocycles. The van der Waals surface area contributed by atoms with Crippen LogP contribution in [0.2, 0.25) is 0 Å². The van der Waals surface area contributed by atoms with E-state index in [2.05, 4.69) is 5.09 Å². The monoisotopic (exact) mass is 312 g/mol. The Kier molecular flexibility index (Phi) is 5.28. The second kappa shape index (κ2) is 6.39. The van der Waals surface area contributed by atoms with Crippen LogP contribution in [0, 0.1) is 0 Å². The van der Waals surface area contributed by atoms with Gasteiger partial charge >= 0.3 is 6.80 Å².